The standard InChI is InChI=1S/C13H14ClN3O4S/c1-9(18)15-7-6-12-16-17-13(21-12)22(19,20)8-10-2-4-11(14)5-3-10/h2-5H,6-8H2,1H3,(H,15,18). The van der Waals surface area contributed by atoms with Crippen molar-refractivity contribution in [2.75, 3.05) is 6.54 Å². The Morgan fingerprint density at radius 1 is 1.27 bits per heavy atom. The van der Waals surface area contributed by atoms with Gasteiger partial charge in [-0.05, 0) is 17.7 Å². The van der Waals surface area contributed by atoms with Gasteiger partial charge in [0.25, 0.3) is 0 Å². The van der Waals surface area contributed by atoms with Crippen LogP contribution in [0.4, 0.5) is 0 Å². The number of amides is 1. The monoisotopic (exact) mass is 343 g/mol. The van der Waals surface area contributed by atoms with Crippen LogP contribution in [0.1, 0.15) is 18.4 Å². The molecule has 0 unspecified atom stereocenters. The van der Waals surface area contributed by atoms with Crippen molar-refractivity contribution < 1.29 is 17.6 Å². The summed E-state index contributed by atoms with van der Waals surface area (Å²) in [7, 11) is -3.72. The van der Waals surface area contributed by atoms with Crippen LogP contribution in [0.5, 0.6) is 0 Å². The lowest BCUT2D eigenvalue weighted by Gasteiger charge is -2.00. The summed E-state index contributed by atoms with van der Waals surface area (Å²) in [5, 5.41) is 9.88. The average molecular weight is 344 g/mol. The first kappa shape index (κ1) is 16.4. The van der Waals surface area contributed by atoms with Crippen LogP contribution >= 0.6 is 11.6 Å². The lowest BCUT2D eigenvalue weighted by molar-refractivity contribution is -0.118. The molecule has 1 N–H and O–H groups in total. The number of halogens is 1. The third-order valence-electron chi connectivity index (χ3n) is 2.70. The second-order valence-electron chi connectivity index (χ2n) is 4.58. The molecular weight excluding hydrogens is 330 g/mol. The van der Waals surface area contributed by atoms with Gasteiger partial charge < -0.3 is 9.73 Å². The van der Waals surface area contributed by atoms with Gasteiger partial charge in [0.2, 0.25) is 21.6 Å². The van der Waals surface area contributed by atoms with Gasteiger partial charge in [0.05, 0.1) is 5.75 Å². The van der Waals surface area contributed by atoms with Gasteiger partial charge in [-0.3, -0.25) is 4.79 Å². The summed E-state index contributed by atoms with van der Waals surface area (Å²) in [5.74, 6) is -0.282. The van der Waals surface area contributed by atoms with Crippen molar-refractivity contribution in [3.05, 3.63) is 40.7 Å². The lowest BCUT2D eigenvalue weighted by atomic mass is 10.2. The predicted molar refractivity (Wildman–Crippen MR) is 79.0 cm³/mol. The predicted octanol–water partition coefficient (Wildman–Crippen LogP) is 1.38. The van der Waals surface area contributed by atoms with Crippen LogP contribution in [0.2, 0.25) is 5.02 Å². The van der Waals surface area contributed by atoms with E-state index in [1.54, 1.807) is 24.3 Å². The van der Waals surface area contributed by atoms with Gasteiger partial charge >= 0.3 is 5.22 Å². The average Bonchev–Trinajstić information content (AvgIpc) is 2.90. The quantitative estimate of drug-likeness (QED) is 0.850. The number of hydrogen-bond donors (Lipinski definition) is 1. The summed E-state index contributed by atoms with van der Waals surface area (Å²) in [4.78, 5) is 10.7. The molecule has 1 amide bonds. The summed E-state index contributed by atoms with van der Waals surface area (Å²) < 4.78 is 29.5. The van der Waals surface area contributed by atoms with Crippen LogP contribution in [-0.2, 0) is 26.8 Å². The Bertz CT molecular complexity index is 756. The molecule has 0 fully saturated rings. The fourth-order valence-corrected chi connectivity index (χ4v) is 2.94. The first-order valence-corrected chi connectivity index (χ1v) is 8.44. The third-order valence-corrected chi connectivity index (χ3v) is 4.36. The Hall–Kier alpha value is -1.93. The molecule has 9 heteroatoms. The number of sulfone groups is 1. The molecule has 0 saturated heterocycles. The zero-order chi connectivity index (χ0) is 16.2. The molecule has 0 aliphatic carbocycles. The van der Waals surface area contributed by atoms with E-state index in [4.69, 9.17) is 16.0 Å². The largest absolute Gasteiger partial charge is 0.412 e. The third kappa shape index (κ3) is 4.54. The first-order chi connectivity index (χ1) is 10.4. The number of carbonyl (C=O) groups excluding carboxylic acids is 1. The highest BCUT2D eigenvalue weighted by Gasteiger charge is 2.23. The molecular formula is C13H14ClN3O4S. The molecule has 1 aromatic carbocycles. The van der Waals surface area contributed by atoms with Crippen LogP contribution in [0.25, 0.3) is 0 Å². The molecule has 7 nitrogen and oxygen atoms in total. The SMILES string of the molecule is CC(=O)NCCc1nnc(S(=O)(=O)Cc2ccc(Cl)cc2)o1. The topological polar surface area (TPSA) is 102 Å². The maximum Gasteiger partial charge on any atom is 0.335 e. The number of aromatic nitrogens is 2. The lowest BCUT2D eigenvalue weighted by Crippen LogP contribution is -2.22. The van der Waals surface area contributed by atoms with Gasteiger partial charge in [-0.25, -0.2) is 8.42 Å². The first-order valence-electron chi connectivity index (χ1n) is 6.41. The Labute approximate surface area is 132 Å². The maximum absolute atomic E-state index is 12.2. The van der Waals surface area contributed by atoms with Crippen molar-refractivity contribution in [2.45, 2.75) is 24.3 Å². The van der Waals surface area contributed by atoms with E-state index >= 15 is 0 Å². The molecule has 22 heavy (non-hydrogen) atoms. The number of carbonyl (C=O) groups is 1. The zero-order valence-corrected chi connectivity index (χ0v) is 13.3. The highest BCUT2D eigenvalue weighted by molar-refractivity contribution is 7.90. The maximum atomic E-state index is 12.2. The molecule has 0 radical (unpaired) electrons. The van der Waals surface area contributed by atoms with Crippen molar-refractivity contribution in [2.24, 2.45) is 0 Å². The Morgan fingerprint density at radius 3 is 2.59 bits per heavy atom. The number of rotatable bonds is 6. The molecule has 0 bridgehead atoms. The molecule has 0 spiro atoms. The van der Waals surface area contributed by atoms with Crippen LogP contribution in [-0.4, -0.2) is 31.1 Å². The molecule has 118 valence electrons. The van der Waals surface area contributed by atoms with Gasteiger partial charge in [0, 0.05) is 24.9 Å². The Kier molecular flexibility index (Phi) is 5.15. The van der Waals surface area contributed by atoms with E-state index in [-0.39, 0.29) is 24.0 Å². The molecule has 0 aliphatic rings. The van der Waals surface area contributed by atoms with Crippen molar-refractivity contribution in [1.82, 2.24) is 15.5 Å². The van der Waals surface area contributed by atoms with Crippen LogP contribution in [0.3, 0.4) is 0 Å². The Balaban J connectivity index is 2.05. The number of benzene rings is 1. The van der Waals surface area contributed by atoms with Crippen LogP contribution < -0.4 is 5.32 Å². The minimum Gasteiger partial charge on any atom is -0.412 e. The highest BCUT2D eigenvalue weighted by Crippen LogP contribution is 2.17. The minimum atomic E-state index is -3.72. The molecule has 0 atom stereocenters. The second-order valence-corrected chi connectivity index (χ2v) is 6.88. The number of hydrogen-bond acceptors (Lipinski definition) is 6. The van der Waals surface area contributed by atoms with Gasteiger partial charge in [-0.15, -0.1) is 5.10 Å². The normalized spacial score (nSPS) is 11.4. The summed E-state index contributed by atoms with van der Waals surface area (Å²) in [6.45, 7) is 1.68. The minimum absolute atomic E-state index is 0.156. The summed E-state index contributed by atoms with van der Waals surface area (Å²) >= 11 is 5.75. The van der Waals surface area contributed by atoms with Crippen molar-refractivity contribution in [1.29, 1.82) is 0 Å². The molecule has 2 aromatic rings. The van der Waals surface area contributed by atoms with Crippen LogP contribution in [0, 0.1) is 0 Å². The molecule has 1 aromatic heterocycles. The van der Waals surface area contributed by atoms with Gasteiger partial charge in [0.15, 0.2) is 0 Å². The molecule has 1 heterocycles. The summed E-state index contributed by atoms with van der Waals surface area (Å²) in [5.41, 5.74) is 0.572. The summed E-state index contributed by atoms with van der Waals surface area (Å²) in [6.07, 6.45) is 0.267. The zero-order valence-electron chi connectivity index (χ0n) is 11.7. The van der Waals surface area contributed by atoms with Gasteiger partial charge in [0.1, 0.15) is 0 Å². The molecule has 0 aliphatic heterocycles. The smallest absolute Gasteiger partial charge is 0.335 e. The molecule has 0 saturated carbocycles. The summed E-state index contributed by atoms with van der Waals surface area (Å²) in [6, 6.07) is 6.46. The van der Waals surface area contributed by atoms with Gasteiger partial charge in [-0.2, -0.15) is 0 Å². The van der Waals surface area contributed by atoms with Crippen molar-refractivity contribution in [3.63, 3.8) is 0 Å². The van der Waals surface area contributed by atoms with E-state index < -0.39 is 15.1 Å². The van der Waals surface area contributed by atoms with Gasteiger partial charge in [-0.1, -0.05) is 28.8 Å². The van der Waals surface area contributed by atoms with Crippen molar-refractivity contribution in [3.8, 4) is 0 Å². The number of nitrogens with zero attached hydrogens (tertiary/aromatic N) is 2. The van der Waals surface area contributed by atoms with Crippen LogP contribution in [0.15, 0.2) is 33.9 Å². The van der Waals surface area contributed by atoms with Crippen molar-refractivity contribution >= 4 is 27.3 Å². The van der Waals surface area contributed by atoms with E-state index in [1.165, 1.54) is 6.92 Å². The fraction of sp³-hybridized carbons (Fsp3) is 0.308. The second kappa shape index (κ2) is 6.89. The molecule has 2 rings (SSSR count). The van der Waals surface area contributed by atoms with E-state index in [2.05, 4.69) is 15.5 Å². The highest BCUT2D eigenvalue weighted by atomic mass is 35.5. The van der Waals surface area contributed by atoms with E-state index in [0.29, 0.717) is 17.1 Å². The number of nitrogens with one attached hydrogen (secondary N) is 1. The van der Waals surface area contributed by atoms with E-state index in [9.17, 15) is 13.2 Å². The fourth-order valence-electron chi connectivity index (χ4n) is 1.67. The van der Waals surface area contributed by atoms with E-state index in [0.717, 1.165) is 0 Å². The Morgan fingerprint density at radius 2 is 1.95 bits per heavy atom. The van der Waals surface area contributed by atoms with E-state index in [1.807, 2.05) is 0 Å².